The van der Waals surface area contributed by atoms with E-state index in [1.807, 2.05) is 32.3 Å². The van der Waals surface area contributed by atoms with Crippen LogP contribution in [0, 0.1) is 0 Å². The summed E-state index contributed by atoms with van der Waals surface area (Å²) in [5, 5.41) is 3.70. The molecule has 2 rings (SSSR count). The minimum atomic E-state index is 0.367. The minimum absolute atomic E-state index is 0.367. The maximum atomic E-state index is 5.73. The number of hydrogen-bond donors (Lipinski definition) is 1. The SMILES string of the molecule is CN(C)Cc1ccccc1-c1cnoc1N. The van der Waals surface area contributed by atoms with Crippen LogP contribution in [0.4, 0.5) is 5.88 Å². The van der Waals surface area contributed by atoms with Gasteiger partial charge in [-0.15, -0.1) is 0 Å². The van der Waals surface area contributed by atoms with Crippen molar-refractivity contribution in [3.05, 3.63) is 36.0 Å². The fourth-order valence-electron chi connectivity index (χ4n) is 1.71. The van der Waals surface area contributed by atoms with Crippen molar-refractivity contribution in [2.75, 3.05) is 19.8 Å². The first-order valence-corrected chi connectivity index (χ1v) is 5.11. The Bertz CT molecular complexity index is 477. The Morgan fingerprint density at radius 3 is 2.62 bits per heavy atom. The third-order valence-corrected chi connectivity index (χ3v) is 2.39. The van der Waals surface area contributed by atoms with E-state index in [-0.39, 0.29) is 0 Å². The normalized spacial score (nSPS) is 10.9. The molecule has 0 atom stereocenters. The molecule has 2 aromatic rings. The summed E-state index contributed by atoms with van der Waals surface area (Å²) in [6, 6.07) is 8.12. The topological polar surface area (TPSA) is 55.3 Å². The molecule has 0 aliphatic carbocycles. The summed E-state index contributed by atoms with van der Waals surface area (Å²) in [4.78, 5) is 2.11. The molecule has 0 amide bonds. The third kappa shape index (κ3) is 2.06. The van der Waals surface area contributed by atoms with E-state index in [1.54, 1.807) is 6.20 Å². The molecule has 0 aliphatic rings. The number of anilines is 1. The molecule has 0 saturated heterocycles. The monoisotopic (exact) mass is 217 g/mol. The molecular weight excluding hydrogens is 202 g/mol. The zero-order chi connectivity index (χ0) is 11.5. The lowest BCUT2D eigenvalue weighted by Gasteiger charge is -2.13. The summed E-state index contributed by atoms with van der Waals surface area (Å²) < 4.78 is 4.89. The van der Waals surface area contributed by atoms with E-state index in [4.69, 9.17) is 10.3 Å². The number of nitrogens with zero attached hydrogens (tertiary/aromatic N) is 2. The van der Waals surface area contributed by atoms with Gasteiger partial charge in [-0.2, -0.15) is 0 Å². The quantitative estimate of drug-likeness (QED) is 0.854. The maximum Gasteiger partial charge on any atom is 0.229 e. The largest absolute Gasteiger partial charge is 0.367 e. The van der Waals surface area contributed by atoms with Gasteiger partial charge in [-0.25, -0.2) is 0 Å². The molecule has 0 bridgehead atoms. The molecule has 16 heavy (non-hydrogen) atoms. The smallest absolute Gasteiger partial charge is 0.229 e. The Hall–Kier alpha value is -1.81. The number of nitrogen functional groups attached to an aromatic ring is 1. The van der Waals surface area contributed by atoms with E-state index >= 15 is 0 Å². The van der Waals surface area contributed by atoms with Crippen LogP contribution < -0.4 is 5.73 Å². The first-order chi connectivity index (χ1) is 7.68. The van der Waals surface area contributed by atoms with E-state index < -0.39 is 0 Å². The van der Waals surface area contributed by atoms with Gasteiger partial charge in [0.25, 0.3) is 0 Å². The molecule has 0 aliphatic heterocycles. The molecule has 0 fully saturated rings. The molecule has 4 nitrogen and oxygen atoms in total. The Kier molecular flexibility index (Phi) is 2.92. The van der Waals surface area contributed by atoms with Crippen molar-refractivity contribution in [2.45, 2.75) is 6.54 Å². The molecule has 1 heterocycles. The van der Waals surface area contributed by atoms with E-state index in [2.05, 4.69) is 16.1 Å². The van der Waals surface area contributed by atoms with Crippen molar-refractivity contribution < 1.29 is 4.52 Å². The highest BCUT2D eigenvalue weighted by molar-refractivity contribution is 5.74. The van der Waals surface area contributed by atoms with Gasteiger partial charge in [0, 0.05) is 6.54 Å². The third-order valence-electron chi connectivity index (χ3n) is 2.39. The molecule has 1 aromatic heterocycles. The van der Waals surface area contributed by atoms with Gasteiger partial charge in [-0.05, 0) is 25.2 Å². The molecule has 0 radical (unpaired) electrons. The minimum Gasteiger partial charge on any atom is -0.367 e. The first kappa shape index (κ1) is 10.7. The second-order valence-electron chi connectivity index (χ2n) is 4.00. The van der Waals surface area contributed by atoms with E-state index in [0.29, 0.717) is 5.88 Å². The molecular formula is C12H15N3O. The van der Waals surface area contributed by atoms with Gasteiger partial charge in [0.2, 0.25) is 5.88 Å². The Morgan fingerprint density at radius 1 is 1.25 bits per heavy atom. The summed E-state index contributed by atoms with van der Waals surface area (Å²) in [6.45, 7) is 0.862. The highest BCUT2D eigenvalue weighted by Gasteiger charge is 2.11. The van der Waals surface area contributed by atoms with Gasteiger partial charge < -0.3 is 15.2 Å². The standard InChI is InChI=1S/C12H15N3O/c1-15(2)8-9-5-3-4-6-10(9)11-7-14-16-12(11)13/h3-7H,8,13H2,1-2H3. The molecule has 0 spiro atoms. The van der Waals surface area contributed by atoms with Gasteiger partial charge in [0.05, 0.1) is 11.8 Å². The Balaban J connectivity index is 2.44. The van der Waals surface area contributed by atoms with E-state index in [0.717, 1.165) is 17.7 Å². The molecule has 2 N–H and O–H groups in total. The summed E-state index contributed by atoms with van der Waals surface area (Å²) in [7, 11) is 4.07. The fourth-order valence-corrected chi connectivity index (χ4v) is 1.71. The van der Waals surface area contributed by atoms with Crippen molar-refractivity contribution in [3.63, 3.8) is 0 Å². The zero-order valence-electron chi connectivity index (χ0n) is 9.47. The summed E-state index contributed by atoms with van der Waals surface area (Å²) in [5.74, 6) is 0.367. The zero-order valence-corrected chi connectivity index (χ0v) is 9.47. The molecule has 4 heteroatoms. The highest BCUT2D eigenvalue weighted by atomic mass is 16.5. The van der Waals surface area contributed by atoms with Gasteiger partial charge >= 0.3 is 0 Å². The van der Waals surface area contributed by atoms with Crippen molar-refractivity contribution in [1.82, 2.24) is 10.1 Å². The lowest BCUT2D eigenvalue weighted by Crippen LogP contribution is -2.11. The average Bonchev–Trinajstić information content (AvgIpc) is 2.64. The van der Waals surface area contributed by atoms with Crippen LogP contribution in [0.25, 0.3) is 11.1 Å². The van der Waals surface area contributed by atoms with Gasteiger partial charge in [0.15, 0.2) is 0 Å². The Labute approximate surface area is 94.6 Å². The lowest BCUT2D eigenvalue weighted by molar-refractivity contribution is 0.403. The second kappa shape index (κ2) is 4.37. The second-order valence-corrected chi connectivity index (χ2v) is 4.00. The van der Waals surface area contributed by atoms with Crippen LogP contribution in [-0.2, 0) is 6.54 Å². The summed E-state index contributed by atoms with van der Waals surface area (Å²) in [6.07, 6.45) is 1.66. The Morgan fingerprint density at radius 2 is 2.00 bits per heavy atom. The van der Waals surface area contributed by atoms with Crippen molar-refractivity contribution in [3.8, 4) is 11.1 Å². The van der Waals surface area contributed by atoms with Crippen LogP contribution in [0.2, 0.25) is 0 Å². The molecule has 84 valence electrons. The van der Waals surface area contributed by atoms with E-state index in [1.165, 1.54) is 5.56 Å². The van der Waals surface area contributed by atoms with Crippen molar-refractivity contribution in [1.29, 1.82) is 0 Å². The van der Waals surface area contributed by atoms with Crippen LogP contribution in [0.1, 0.15) is 5.56 Å². The highest BCUT2D eigenvalue weighted by Crippen LogP contribution is 2.28. The number of benzene rings is 1. The maximum absolute atomic E-state index is 5.73. The lowest BCUT2D eigenvalue weighted by atomic mass is 10.0. The molecule has 1 aromatic carbocycles. The first-order valence-electron chi connectivity index (χ1n) is 5.11. The van der Waals surface area contributed by atoms with Crippen LogP contribution in [0.15, 0.2) is 35.0 Å². The number of rotatable bonds is 3. The van der Waals surface area contributed by atoms with Gasteiger partial charge in [0.1, 0.15) is 0 Å². The van der Waals surface area contributed by atoms with Crippen LogP contribution in [0.3, 0.4) is 0 Å². The fraction of sp³-hybridized carbons (Fsp3) is 0.250. The number of nitrogens with two attached hydrogens (primary N) is 1. The number of hydrogen-bond acceptors (Lipinski definition) is 4. The van der Waals surface area contributed by atoms with Crippen molar-refractivity contribution in [2.24, 2.45) is 0 Å². The van der Waals surface area contributed by atoms with Gasteiger partial charge in [-0.1, -0.05) is 29.4 Å². The van der Waals surface area contributed by atoms with Crippen LogP contribution >= 0.6 is 0 Å². The molecule has 0 unspecified atom stereocenters. The average molecular weight is 217 g/mol. The summed E-state index contributed by atoms with van der Waals surface area (Å²) in [5.41, 5.74) is 8.88. The van der Waals surface area contributed by atoms with Crippen molar-refractivity contribution >= 4 is 5.88 Å². The van der Waals surface area contributed by atoms with Crippen LogP contribution in [-0.4, -0.2) is 24.2 Å². The van der Waals surface area contributed by atoms with E-state index in [9.17, 15) is 0 Å². The molecule has 0 saturated carbocycles. The number of aromatic nitrogens is 1. The summed E-state index contributed by atoms with van der Waals surface area (Å²) >= 11 is 0. The predicted octanol–water partition coefficient (Wildman–Crippen LogP) is 1.99. The van der Waals surface area contributed by atoms with Gasteiger partial charge in [-0.3, -0.25) is 0 Å². The van der Waals surface area contributed by atoms with Crippen LogP contribution in [0.5, 0.6) is 0 Å². The predicted molar refractivity (Wildman–Crippen MR) is 63.7 cm³/mol.